The van der Waals surface area contributed by atoms with Gasteiger partial charge in [-0.05, 0) is 24.8 Å². The van der Waals surface area contributed by atoms with Gasteiger partial charge in [-0.3, -0.25) is 9.59 Å². The molecule has 0 fully saturated rings. The summed E-state index contributed by atoms with van der Waals surface area (Å²) in [4.78, 5) is 33.2. The van der Waals surface area contributed by atoms with Gasteiger partial charge >= 0.3 is 12.0 Å². The van der Waals surface area contributed by atoms with Gasteiger partial charge in [-0.25, -0.2) is 4.79 Å². The number of nitrogens with one attached hydrogen (secondary N) is 2. The van der Waals surface area contributed by atoms with Crippen molar-refractivity contribution in [3.63, 3.8) is 0 Å². The molecule has 1 aromatic carbocycles. The highest BCUT2D eigenvalue weighted by atomic mass is 16.4. The SMILES string of the molecule is O=C(O)CCCC(=O)CNC(=O)NCCCc1ccccc1. The van der Waals surface area contributed by atoms with Crippen molar-refractivity contribution in [1.82, 2.24) is 10.6 Å². The molecule has 0 heterocycles. The van der Waals surface area contributed by atoms with Gasteiger partial charge in [0.25, 0.3) is 0 Å². The number of urea groups is 1. The van der Waals surface area contributed by atoms with Crippen molar-refractivity contribution in [1.29, 1.82) is 0 Å². The number of carboxylic acids is 1. The molecule has 1 aromatic rings. The van der Waals surface area contributed by atoms with Gasteiger partial charge in [0.05, 0.1) is 6.54 Å². The van der Waals surface area contributed by atoms with E-state index in [9.17, 15) is 14.4 Å². The number of Topliss-reactive ketones (excluding diaryl/α,β-unsaturated/α-hetero) is 1. The number of benzene rings is 1. The molecule has 0 saturated carbocycles. The van der Waals surface area contributed by atoms with Crippen LogP contribution in [0.3, 0.4) is 0 Å². The first kappa shape index (κ1) is 17.7. The van der Waals surface area contributed by atoms with E-state index in [-0.39, 0.29) is 31.2 Å². The number of rotatable bonds is 10. The van der Waals surface area contributed by atoms with Crippen LogP contribution >= 0.6 is 0 Å². The molecule has 2 amide bonds. The highest BCUT2D eigenvalue weighted by Gasteiger charge is 2.06. The molecule has 0 aromatic heterocycles. The van der Waals surface area contributed by atoms with Crippen molar-refractivity contribution in [2.75, 3.05) is 13.1 Å². The smallest absolute Gasteiger partial charge is 0.315 e. The average molecular weight is 306 g/mol. The molecule has 120 valence electrons. The van der Waals surface area contributed by atoms with Gasteiger partial charge in [-0.1, -0.05) is 30.3 Å². The number of ketones is 1. The first-order valence-corrected chi connectivity index (χ1v) is 7.37. The van der Waals surface area contributed by atoms with Crippen LogP contribution in [0.5, 0.6) is 0 Å². The summed E-state index contributed by atoms with van der Waals surface area (Å²) in [7, 11) is 0. The third-order valence-electron chi connectivity index (χ3n) is 3.06. The second-order valence-electron chi connectivity index (χ2n) is 4.98. The first-order chi connectivity index (χ1) is 10.6. The lowest BCUT2D eigenvalue weighted by Crippen LogP contribution is -2.38. The Morgan fingerprint density at radius 1 is 0.955 bits per heavy atom. The highest BCUT2D eigenvalue weighted by molar-refractivity contribution is 5.85. The minimum absolute atomic E-state index is 0.0303. The number of amides is 2. The van der Waals surface area contributed by atoms with Crippen LogP contribution in [-0.2, 0) is 16.0 Å². The molecule has 0 radical (unpaired) electrons. The van der Waals surface area contributed by atoms with Gasteiger partial charge in [-0.2, -0.15) is 0 Å². The standard InChI is InChI=1S/C16H22N2O4/c19-14(9-4-10-15(20)21)12-18-16(22)17-11-5-8-13-6-2-1-3-7-13/h1-3,6-7H,4-5,8-12H2,(H,20,21)(H2,17,18,22). The zero-order valence-corrected chi connectivity index (χ0v) is 12.5. The number of carboxylic acid groups (broad SMARTS) is 1. The highest BCUT2D eigenvalue weighted by Crippen LogP contribution is 2.01. The van der Waals surface area contributed by atoms with Gasteiger partial charge in [0.1, 0.15) is 0 Å². The van der Waals surface area contributed by atoms with E-state index in [0.717, 1.165) is 12.8 Å². The predicted molar refractivity (Wildman–Crippen MR) is 82.7 cm³/mol. The molecule has 0 aliphatic carbocycles. The summed E-state index contributed by atoms with van der Waals surface area (Å²) in [5.41, 5.74) is 1.22. The van der Waals surface area contributed by atoms with Crippen LogP contribution < -0.4 is 10.6 Å². The Balaban J connectivity index is 2.03. The zero-order chi connectivity index (χ0) is 16.2. The molecule has 6 heteroatoms. The van der Waals surface area contributed by atoms with E-state index in [0.29, 0.717) is 13.0 Å². The molecule has 0 unspecified atom stereocenters. The molecule has 3 N–H and O–H groups in total. The van der Waals surface area contributed by atoms with Crippen LogP contribution in [0.2, 0.25) is 0 Å². The van der Waals surface area contributed by atoms with Crippen LogP contribution in [0.25, 0.3) is 0 Å². The van der Waals surface area contributed by atoms with E-state index < -0.39 is 5.97 Å². The Morgan fingerprint density at radius 3 is 2.36 bits per heavy atom. The molecule has 0 aliphatic heterocycles. The van der Waals surface area contributed by atoms with Crippen molar-refractivity contribution < 1.29 is 19.5 Å². The number of carbonyl (C=O) groups is 3. The lowest BCUT2D eigenvalue weighted by Gasteiger charge is -2.07. The number of carbonyl (C=O) groups excluding carboxylic acids is 2. The Hall–Kier alpha value is -2.37. The third-order valence-corrected chi connectivity index (χ3v) is 3.06. The molecule has 6 nitrogen and oxygen atoms in total. The summed E-state index contributed by atoms with van der Waals surface area (Å²) in [6.07, 6.45) is 2.14. The maximum Gasteiger partial charge on any atom is 0.315 e. The van der Waals surface area contributed by atoms with Gasteiger partial charge < -0.3 is 15.7 Å². The number of hydrogen-bond acceptors (Lipinski definition) is 3. The quantitative estimate of drug-likeness (QED) is 0.574. The van der Waals surface area contributed by atoms with Gasteiger partial charge in [0, 0.05) is 19.4 Å². The molecule has 0 aliphatic rings. The van der Waals surface area contributed by atoms with Crippen LogP contribution in [0.15, 0.2) is 30.3 Å². The van der Waals surface area contributed by atoms with E-state index in [4.69, 9.17) is 5.11 Å². The van der Waals surface area contributed by atoms with Gasteiger partial charge in [-0.15, -0.1) is 0 Å². The second-order valence-corrected chi connectivity index (χ2v) is 4.98. The Bertz CT molecular complexity index is 488. The Labute approximate surface area is 129 Å². The van der Waals surface area contributed by atoms with E-state index in [1.54, 1.807) is 0 Å². The van der Waals surface area contributed by atoms with Crippen LogP contribution in [0.1, 0.15) is 31.2 Å². The maximum atomic E-state index is 11.5. The Morgan fingerprint density at radius 2 is 1.68 bits per heavy atom. The maximum absolute atomic E-state index is 11.5. The molecule has 0 saturated heterocycles. The van der Waals surface area contributed by atoms with E-state index in [1.807, 2.05) is 30.3 Å². The molecular weight excluding hydrogens is 284 g/mol. The summed E-state index contributed by atoms with van der Waals surface area (Å²) in [5.74, 6) is -1.09. The molecule has 22 heavy (non-hydrogen) atoms. The lowest BCUT2D eigenvalue weighted by atomic mass is 10.1. The zero-order valence-electron chi connectivity index (χ0n) is 12.5. The van der Waals surface area contributed by atoms with Crippen molar-refractivity contribution in [2.45, 2.75) is 32.1 Å². The van der Waals surface area contributed by atoms with E-state index in [1.165, 1.54) is 5.56 Å². The van der Waals surface area contributed by atoms with E-state index in [2.05, 4.69) is 10.6 Å². The van der Waals surface area contributed by atoms with Crippen LogP contribution in [-0.4, -0.2) is 36.0 Å². The fourth-order valence-electron chi connectivity index (χ4n) is 1.91. The summed E-state index contributed by atoms with van der Waals surface area (Å²) in [6.45, 7) is 0.470. The van der Waals surface area contributed by atoms with Crippen molar-refractivity contribution in [3.05, 3.63) is 35.9 Å². The molecular formula is C16H22N2O4. The largest absolute Gasteiger partial charge is 0.481 e. The fourth-order valence-corrected chi connectivity index (χ4v) is 1.91. The molecule has 1 rings (SSSR count). The average Bonchev–Trinajstić information content (AvgIpc) is 2.50. The van der Waals surface area contributed by atoms with E-state index >= 15 is 0 Å². The minimum atomic E-state index is -0.920. The second kappa shape index (κ2) is 10.4. The lowest BCUT2D eigenvalue weighted by molar-refractivity contribution is -0.137. The van der Waals surface area contributed by atoms with Crippen molar-refractivity contribution in [3.8, 4) is 0 Å². The molecule has 0 atom stereocenters. The first-order valence-electron chi connectivity index (χ1n) is 7.37. The number of aliphatic carboxylic acids is 1. The van der Waals surface area contributed by atoms with Crippen molar-refractivity contribution in [2.24, 2.45) is 0 Å². The number of hydrogen-bond donors (Lipinski definition) is 3. The van der Waals surface area contributed by atoms with Crippen LogP contribution in [0, 0.1) is 0 Å². The Kier molecular flexibility index (Phi) is 8.33. The van der Waals surface area contributed by atoms with Crippen LogP contribution in [0.4, 0.5) is 4.79 Å². The van der Waals surface area contributed by atoms with Gasteiger partial charge in [0.2, 0.25) is 0 Å². The summed E-state index contributed by atoms with van der Waals surface area (Å²) < 4.78 is 0. The van der Waals surface area contributed by atoms with Gasteiger partial charge in [0.15, 0.2) is 5.78 Å². The minimum Gasteiger partial charge on any atom is -0.481 e. The summed E-state index contributed by atoms with van der Waals surface area (Å²) in [5, 5.41) is 13.6. The number of aryl methyl sites for hydroxylation is 1. The molecule has 0 spiro atoms. The normalized spacial score (nSPS) is 10.0. The predicted octanol–water partition coefficient (Wildman–Crippen LogP) is 1.74. The summed E-state index contributed by atoms with van der Waals surface area (Å²) in [6, 6.07) is 9.62. The summed E-state index contributed by atoms with van der Waals surface area (Å²) >= 11 is 0. The third kappa shape index (κ3) is 8.73. The molecule has 0 bridgehead atoms. The fraction of sp³-hybridized carbons (Fsp3) is 0.438. The topological polar surface area (TPSA) is 95.5 Å². The monoisotopic (exact) mass is 306 g/mol. The van der Waals surface area contributed by atoms with Crippen molar-refractivity contribution >= 4 is 17.8 Å².